The van der Waals surface area contributed by atoms with Crippen molar-refractivity contribution < 1.29 is 33.3 Å². The fourth-order valence-electron chi connectivity index (χ4n) is 4.49. The van der Waals surface area contributed by atoms with Gasteiger partial charge in [0.1, 0.15) is 6.04 Å². The van der Waals surface area contributed by atoms with Gasteiger partial charge < -0.3 is 29.4 Å². The number of hydrogen-bond donors (Lipinski definition) is 1. The van der Waals surface area contributed by atoms with Crippen LogP contribution in [0.15, 0.2) is 57.5 Å². The van der Waals surface area contributed by atoms with Crippen molar-refractivity contribution in [1.82, 2.24) is 4.57 Å². The second kappa shape index (κ2) is 12.7. The van der Waals surface area contributed by atoms with Crippen molar-refractivity contribution in [3.63, 3.8) is 0 Å². The number of hydrogen-bond acceptors (Lipinski definition) is 10. The Labute approximate surface area is 240 Å². The lowest BCUT2D eigenvalue weighted by Gasteiger charge is -2.26. The molecule has 0 spiro atoms. The van der Waals surface area contributed by atoms with Crippen LogP contribution in [0, 0.1) is 0 Å². The summed E-state index contributed by atoms with van der Waals surface area (Å²) >= 11 is 1.18. The molecule has 1 atom stereocenters. The lowest BCUT2D eigenvalue weighted by atomic mass is 9.94. The minimum Gasteiger partial charge on any atom is -0.493 e. The summed E-state index contributed by atoms with van der Waals surface area (Å²) in [4.78, 5) is 43.4. The maximum Gasteiger partial charge on any atom is 0.338 e. The number of allylic oxidation sites excluding steroid dienone is 1. The maximum atomic E-state index is 14.0. The summed E-state index contributed by atoms with van der Waals surface area (Å²) in [5.74, 6) is 0.396. The van der Waals surface area contributed by atoms with Crippen LogP contribution in [0.3, 0.4) is 0 Å². The summed E-state index contributed by atoms with van der Waals surface area (Å²) in [7, 11) is 2.99. The molecule has 4 rings (SSSR count). The van der Waals surface area contributed by atoms with E-state index in [-0.39, 0.29) is 24.3 Å². The molecule has 0 aliphatic carbocycles. The van der Waals surface area contributed by atoms with Crippen molar-refractivity contribution in [3.05, 3.63) is 78.5 Å². The van der Waals surface area contributed by atoms with Gasteiger partial charge in [0.2, 0.25) is 0 Å². The molecule has 1 aliphatic rings. The summed E-state index contributed by atoms with van der Waals surface area (Å²) in [5.41, 5.74) is 6.70. The average Bonchev–Trinajstić information content (AvgIpc) is 3.25. The van der Waals surface area contributed by atoms with Crippen molar-refractivity contribution in [2.24, 2.45) is 10.7 Å². The van der Waals surface area contributed by atoms with Crippen molar-refractivity contribution in [1.29, 1.82) is 0 Å². The first-order valence-electron chi connectivity index (χ1n) is 12.8. The zero-order valence-electron chi connectivity index (χ0n) is 23.4. The Balaban J connectivity index is 1.92. The van der Waals surface area contributed by atoms with E-state index in [2.05, 4.69) is 4.99 Å². The molecule has 1 aliphatic heterocycles. The van der Waals surface area contributed by atoms with Crippen LogP contribution in [0.1, 0.15) is 37.9 Å². The molecule has 12 heteroatoms. The molecular weight excluding hydrogens is 550 g/mol. The number of ether oxygens (including phenoxy) is 5. The van der Waals surface area contributed by atoms with Crippen molar-refractivity contribution >= 4 is 29.3 Å². The van der Waals surface area contributed by atoms with Gasteiger partial charge >= 0.3 is 5.97 Å². The number of nitrogens with zero attached hydrogens (tertiary/aromatic N) is 2. The summed E-state index contributed by atoms with van der Waals surface area (Å²) in [6, 6.07) is 9.48. The van der Waals surface area contributed by atoms with Crippen molar-refractivity contribution in [2.45, 2.75) is 26.8 Å². The molecule has 0 radical (unpaired) electrons. The minimum atomic E-state index is -0.872. The van der Waals surface area contributed by atoms with Crippen molar-refractivity contribution in [2.75, 3.05) is 34.0 Å². The highest BCUT2D eigenvalue weighted by Gasteiger charge is 2.36. The number of amides is 1. The SMILES string of the molecule is CCOC(=O)C1=C(C)N=c2s/c(=C\c3ccc(OCC(N)=O)c(OC)c3)c(=O)n2[C@@H]1c1cccc(OC)c1OCC. The predicted octanol–water partition coefficient (Wildman–Crippen LogP) is 2.08. The molecule has 0 unspecified atom stereocenters. The zero-order valence-corrected chi connectivity index (χ0v) is 24.2. The van der Waals surface area contributed by atoms with Crippen LogP contribution in [0.25, 0.3) is 6.08 Å². The third-order valence-electron chi connectivity index (χ3n) is 6.18. The molecular formula is C29H31N3O8S. The van der Waals surface area contributed by atoms with Gasteiger partial charge in [0.05, 0.1) is 43.2 Å². The minimum absolute atomic E-state index is 0.157. The molecule has 3 aromatic rings. The fraction of sp³-hybridized carbons (Fsp3) is 0.310. The number of esters is 1. The number of aromatic nitrogens is 1. The molecule has 0 bridgehead atoms. The topological polar surface area (TPSA) is 141 Å². The van der Waals surface area contributed by atoms with Gasteiger partial charge in [-0.3, -0.25) is 14.2 Å². The van der Waals surface area contributed by atoms with E-state index in [9.17, 15) is 14.4 Å². The average molecular weight is 582 g/mol. The van der Waals surface area contributed by atoms with E-state index in [1.165, 1.54) is 30.1 Å². The third kappa shape index (κ3) is 5.97. The first-order valence-corrected chi connectivity index (χ1v) is 13.6. The molecule has 2 heterocycles. The Bertz CT molecular complexity index is 1690. The summed E-state index contributed by atoms with van der Waals surface area (Å²) < 4.78 is 29.5. The number of methoxy groups -OCH3 is 2. The summed E-state index contributed by atoms with van der Waals surface area (Å²) in [6.45, 7) is 5.47. The first kappa shape index (κ1) is 29.4. The molecule has 0 saturated carbocycles. The normalized spacial score (nSPS) is 14.7. The van der Waals surface area contributed by atoms with Gasteiger partial charge in [-0.25, -0.2) is 9.79 Å². The van der Waals surface area contributed by atoms with Gasteiger partial charge in [-0.2, -0.15) is 0 Å². The molecule has 1 aromatic heterocycles. The van der Waals surface area contributed by atoms with E-state index < -0.39 is 17.9 Å². The van der Waals surface area contributed by atoms with Gasteiger partial charge in [0.15, 0.2) is 34.4 Å². The van der Waals surface area contributed by atoms with Crippen LogP contribution < -0.4 is 39.6 Å². The number of carbonyl (C=O) groups is 2. The number of fused-ring (bicyclic) bond motifs is 1. The van der Waals surface area contributed by atoms with E-state index in [0.717, 1.165) is 0 Å². The lowest BCUT2D eigenvalue weighted by molar-refractivity contribution is -0.139. The number of thiazole rings is 1. The predicted molar refractivity (Wildman–Crippen MR) is 152 cm³/mol. The zero-order chi connectivity index (χ0) is 29.7. The molecule has 216 valence electrons. The second-order valence-electron chi connectivity index (χ2n) is 8.78. The van der Waals surface area contributed by atoms with E-state index in [0.29, 0.717) is 55.8 Å². The van der Waals surface area contributed by atoms with Gasteiger partial charge in [0.25, 0.3) is 11.5 Å². The number of rotatable bonds is 11. The highest BCUT2D eigenvalue weighted by molar-refractivity contribution is 7.07. The van der Waals surface area contributed by atoms with Crippen LogP contribution in [-0.4, -0.2) is 50.5 Å². The van der Waals surface area contributed by atoms with Gasteiger partial charge in [-0.05, 0) is 50.6 Å². The number of nitrogens with two attached hydrogens (primary N) is 1. The Morgan fingerprint density at radius 1 is 1.05 bits per heavy atom. The molecule has 2 aromatic carbocycles. The monoisotopic (exact) mass is 581 g/mol. The Hall–Kier alpha value is -4.58. The second-order valence-corrected chi connectivity index (χ2v) is 9.79. The number of primary amides is 1. The Morgan fingerprint density at radius 3 is 2.46 bits per heavy atom. The van der Waals surface area contributed by atoms with Crippen molar-refractivity contribution in [3.8, 4) is 23.0 Å². The molecule has 0 saturated heterocycles. The van der Waals surface area contributed by atoms with Crippen LogP contribution >= 0.6 is 11.3 Å². The van der Waals surface area contributed by atoms with Crippen LogP contribution in [-0.2, 0) is 14.3 Å². The molecule has 0 fully saturated rings. The fourth-order valence-corrected chi connectivity index (χ4v) is 5.53. The van der Waals surface area contributed by atoms with Crippen LogP contribution in [0.2, 0.25) is 0 Å². The number of benzene rings is 2. The van der Waals surface area contributed by atoms with Gasteiger partial charge in [-0.15, -0.1) is 0 Å². The third-order valence-corrected chi connectivity index (χ3v) is 7.17. The standard InChI is InChI=1S/C29H31N3O8S/c1-6-38-26-18(9-8-10-20(26)36-4)25-24(28(35)39-7-2)16(3)31-29-32(25)27(34)22(41-29)14-17-11-12-19(21(13-17)37-5)40-15-23(30)33/h8-14,25H,6-7,15H2,1-5H3,(H2,30,33)/b22-14-/t25-/m1/s1. The number of para-hydroxylation sites is 1. The Morgan fingerprint density at radius 2 is 1.80 bits per heavy atom. The van der Waals surface area contributed by atoms with E-state index in [4.69, 9.17) is 29.4 Å². The first-order chi connectivity index (χ1) is 19.7. The number of carbonyl (C=O) groups excluding carboxylic acids is 2. The summed E-state index contributed by atoms with van der Waals surface area (Å²) in [6.07, 6.45) is 1.69. The Kier molecular flexibility index (Phi) is 9.13. The van der Waals surface area contributed by atoms with Gasteiger partial charge in [0, 0.05) is 5.56 Å². The molecule has 2 N–H and O–H groups in total. The maximum absolute atomic E-state index is 14.0. The molecule has 11 nitrogen and oxygen atoms in total. The highest BCUT2D eigenvalue weighted by atomic mass is 32.1. The van der Waals surface area contributed by atoms with E-state index in [1.54, 1.807) is 56.3 Å². The summed E-state index contributed by atoms with van der Waals surface area (Å²) in [5, 5.41) is 0. The lowest BCUT2D eigenvalue weighted by Crippen LogP contribution is -2.40. The van der Waals surface area contributed by atoms with Crippen LogP contribution in [0.4, 0.5) is 0 Å². The molecule has 1 amide bonds. The van der Waals surface area contributed by atoms with E-state index >= 15 is 0 Å². The largest absolute Gasteiger partial charge is 0.493 e. The molecule has 41 heavy (non-hydrogen) atoms. The quantitative estimate of drug-likeness (QED) is 0.340. The van der Waals surface area contributed by atoms with Gasteiger partial charge in [-0.1, -0.05) is 29.5 Å². The highest BCUT2D eigenvalue weighted by Crippen LogP contribution is 2.40. The van der Waals surface area contributed by atoms with E-state index in [1.807, 2.05) is 6.92 Å². The van der Waals surface area contributed by atoms with Crippen LogP contribution in [0.5, 0.6) is 23.0 Å². The smallest absolute Gasteiger partial charge is 0.338 e.